The number of thiophene rings is 1. The largest absolute Gasteiger partial charge is 0.370 e. The van der Waals surface area contributed by atoms with E-state index in [2.05, 4.69) is 9.97 Å². The fourth-order valence-corrected chi connectivity index (χ4v) is 4.88. The number of benzene rings is 1. The molecule has 3 heterocycles. The lowest BCUT2D eigenvalue weighted by Crippen LogP contribution is -2.42. The molecule has 1 aromatic carbocycles. The van der Waals surface area contributed by atoms with Crippen molar-refractivity contribution < 1.29 is 14.3 Å². The van der Waals surface area contributed by atoms with Gasteiger partial charge in [-0.25, -0.2) is 9.97 Å². The first-order valence-corrected chi connectivity index (χ1v) is 10.8. The Morgan fingerprint density at radius 2 is 1.84 bits per heavy atom. The number of nitrogens with zero attached hydrogens (tertiary/aromatic N) is 5. The first-order valence-electron chi connectivity index (χ1n) is 10.00. The molecule has 4 rings (SSSR count). The summed E-state index contributed by atoms with van der Waals surface area (Å²) in [6, 6.07) is 7.93. The van der Waals surface area contributed by atoms with Gasteiger partial charge < -0.3 is 19.4 Å². The average molecular weight is 440 g/mol. The van der Waals surface area contributed by atoms with Gasteiger partial charge in [-0.3, -0.25) is 9.59 Å². The van der Waals surface area contributed by atoms with Crippen LogP contribution in [0.1, 0.15) is 31.7 Å². The first-order chi connectivity index (χ1) is 14.9. The smallest absolute Gasteiger partial charge is 0.263 e. The number of aromatic nitrogens is 2. The van der Waals surface area contributed by atoms with Crippen LogP contribution < -0.4 is 4.90 Å². The first kappa shape index (κ1) is 21.2. The van der Waals surface area contributed by atoms with Crippen molar-refractivity contribution in [1.82, 2.24) is 19.8 Å². The highest BCUT2D eigenvalue weighted by atomic mass is 32.1. The van der Waals surface area contributed by atoms with Gasteiger partial charge in [0.05, 0.1) is 23.6 Å². The third kappa shape index (κ3) is 4.11. The molecular weight excluding hydrogens is 414 g/mol. The zero-order valence-electron chi connectivity index (χ0n) is 18.0. The Bertz CT molecular complexity index is 1110. The number of fused-ring (bicyclic) bond motifs is 1. The normalized spacial score (nSPS) is 16.4. The molecular formula is C22H25N5O3S. The zero-order chi connectivity index (χ0) is 22.1. The predicted molar refractivity (Wildman–Crippen MR) is 121 cm³/mol. The van der Waals surface area contributed by atoms with Crippen LogP contribution in [0.15, 0.2) is 36.7 Å². The summed E-state index contributed by atoms with van der Waals surface area (Å²) in [7, 11) is 7.18. The van der Waals surface area contributed by atoms with Crippen molar-refractivity contribution in [2.45, 2.75) is 6.10 Å². The standard InChI is InChI=1S/C22H25N5O3S/c1-25(2)21(29)19-18(15-7-5-6-8-17(15)31-19)16-13-27(9-10-30-16)20(28)14-11-23-22(24-12-14)26(3)4/h5-8,11-12,16H,9-10,13H2,1-4H3/t16-/m1/s1. The maximum atomic E-state index is 13.1. The molecule has 0 saturated carbocycles. The van der Waals surface area contributed by atoms with Crippen LogP contribution in [-0.4, -0.2) is 79.5 Å². The van der Waals surface area contributed by atoms with Crippen LogP contribution in [0.5, 0.6) is 0 Å². The minimum atomic E-state index is -0.380. The molecule has 0 aliphatic carbocycles. The van der Waals surface area contributed by atoms with Crippen molar-refractivity contribution in [3.05, 3.63) is 52.7 Å². The lowest BCUT2D eigenvalue weighted by atomic mass is 10.0. The molecule has 31 heavy (non-hydrogen) atoms. The number of ether oxygens (including phenoxy) is 1. The third-order valence-electron chi connectivity index (χ3n) is 5.20. The van der Waals surface area contributed by atoms with E-state index in [1.807, 2.05) is 38.4 Å². The number of amides is 2. The number of anilines is 1. The van der Waals surface area contributed by atoms with Gasteiger partial charge in [0.25, 0.3) is 11.8 Å². The number of hydrogen-bond acceptors (Lipinski definition) is 7. The molecule has 2 aromatic heterocycles. The van der Waals surface area contributed by atoms with Crippen LogP contribution in [0.2, 0.25) is 0 Å². The molecule has 0 N–H and O–H groups in total. The average Bonchev–Trinajstić information content (AvgIpc) is 3.17. The Morgan fingerprint density at radius 1 is 1.13 bits per heavy atom. The Hall–Kier alpha value is -3.04. The second-order valence-corrected chi connectivity index (χ2v) is 8.87. The second kappa shape index (κ2) is 8.60. The summed E-state index contributed by atoms with van der Waals surface area (Å²) in [6.45, 7) is 1.24. The van der Waals surface area contributed by atoms with Crippen molar-refractivity contribution in [2.75, 3.05) is 52.8 Å². The van der Waals surface area contributed by atoms with Gasteiger partial charge in [0, 0.05) is 57.4 Å². The van der Waals surface area contributed by atoms with Gasteiger partial charge in [-0.05, 0) is 11.5 Å². The van der Waals surface area contributed by atoms with Gasteiger partial charge in [0.2, 0.25) is 5.95 Å². The molecule has 1 fully saturated rings. The van der Waals surface area contributed by atoms with E-state index >= 15 is 0 Å². The van der Waals surface area contributed by atoms with E-state index in [1.54, 1.807) is 41.2 Å². The van der Waals surface area contributed by atoms with E-state index in [0.717, 1.165) is 15.6 Å². The summed E-state index contributed by atoms with van der Waals surface area (Å²) in [5.74, 6) is 0.350. The third-order valence-corrected chi connectivity index (χ3v) is 6.37. The van der Waals surface area contributed by atoms with E-state index in [9.17, 15) is 9.59 Å². The summed E-state index contributed by atoms with van der Waals surface area (Å²) >= 11 is 1.46. The Labute approximate surface area is 185 Å². The molecule has 1 aliphatic rings. The maximum Gasteiger partial charge on any atom is 0.263 e. The van der Waals surface area contributed by atoms with Crippen molar-refractivity contribution in [3.63, 3.8) is 0 Å². The predicted octanol–water partition coefficient (Wildman–Crippen LogP) is 2.67. The van der Waals surface area contributed by atoms with Crippen molar-refractivity contribution in [2.24, 2.45) is 0 Å². The molecule has 1 atom stereocenters. The van der Waals surface area contributed by atoms with Crippen LogP contribution in [0.4, 0.5) is 5.95 Å². The van der Waals surface area contributed by atoms with Crippen LogP contribution >= 0.6 is 11.3 Å². The molecule has 0 bridgehead atoms. The van der Waals surface area contributed by atoms with Gasteiger partial charge in [0.15, 0.2) is 0 Å². The topological polar surface area (TPSA) is 78.9 Å². The molecule has 1 saturated heterocycles. The van der Waals surface area contributed by atoms with Crippen molar-refractivity contribution >= 4 is 39.2 Å². The summed E-state index contributed by atoms with van der Waals surface area (Å²) in [5, 5.41) is 0.996. The number of morpholine rings is 1. The Balaban J connectivity index is 1.64. The molecule has 9 heteroatoms. The molecule has 0 unspecified atom stereocenters. The molecule has 1 aliphatic heterocycles. The molecule has 2 amide bonds. The van der Waals surface area contributed by atoms with Gasteiger partial charge in [-0.1, -0.05) is 18.2 Å². The maximum absolute atomic E-state index is 13.1. The van der Waals surface area contributed by atoms with E-state index < -0.39 is 0 Å². The number of hydrogen-bond donors (Lipinski definition) is 0. The summed E-state index contributed by atoms with van der Waals surface area (Å²) < 4.78 is 7.10. The Morgan fingerprint density at radius 3 is 2.52 bits per heavy atom. The van der Waals surface area contributed by atoms with E-state index in [-0.39, 0.29) is 17.9 Å². The highest BCUT2D eigenvalue weighted by Gasteiger charge is 2.32. The van der Waals surface area contributed by atoms with Gasteiger partial charge in [-0.2, -0.15) is 0 Å². The second-order valence-electron chi connectivity index (χ2n) is 7.82. The van der Waals surface area contributed by atoms with Crippen LogP contribution in [0.3, 0.4) is 0 Å². The molecule has 162 valence electrons. The Kier molecular flexibility index (Phi) is 5.88. The summed E-state index contributed by atoms with van der Waals surface area (Å²) in [6.07, 6.45) is 2.72. The zero-order valence-corrected chi connectivity index (χ0v) is 18.8. The number of carbonyl (C=O) groups excluding carboxylic acids is 2. The highest BCUT2D eigenvalue weighted by Crippen LogP contribution is 2.38. The fraction of sp³-hybridized carbons (Fsp3) is 0.364. The SMILES string of the molecule is CN(C)C(=O)c1sc2ccccc2c1[C@H]1CN(C(=O)c2cnc(N(C)C)nc2)CCO1. The monoisotopic (exact) mass is 439 g/mol. The minimum Gasteiger partial charge on any atom is -0.370 e. The van der Waals surface area contributed by atoms with E-state index in [1.165, 1.54) is 11.3 Å². The molecule has 0 spiro atoms. The van der Waals surface area contributed by atoms with Crippen molar-refractivity contribution in [1.29, 1.82) is 0 Å². The number of rotatable bonds is 4. The molecule has 3 aromatic rings. The number of carbonyl (C=O) groups is 2. The lowest BCUT2D eigenvalue weighted by molar-refractivity contribution is -0.0223. The summed E-state index contributed by atoms with van der Waals surface area (Å²) in [5.41, 5.74) is 1.29. The van der Waals surface area contributed by atoms with Crippen LogP contribution in [-0.2, 0) is 4.74 Å². The van der Waals surface area contributed by atoms with Gasteiger partial charge in [0.1, 0.15) is 6.10 Å². The van der Waals surface area contributed by atoms with Gasteiger partial charge >= 0.3 is 0 Å². The van der Waals surface area contributed by atoms with Crippen molar-refractivity contribution in [3.8, 4) is 0 Å². The highest BCUT2D eigenvalue weighted by molar-refractivity contribution is 7.21. The van der Waals surface area contributed by atoms with Crippen LogP contribution in [0, 0.1) is 0 Å². The van der Waals surface area contributed by atoms with Crippen LogP contribution in [0.25, 0.3) is 10.1 Å². The molecule has 0 radical (unpaired) electrons. The minimum absolute atomic E-state index is 0.0593. The quantitative estimate of drug-likeness (QED) is 0.622. The summed E-state index contributed by atoms with van der Waals surface area (Å²) in [4.78, 5) is 40.2. The van der Waals surface area contributed by atoms with Gasteiger partial charge in [-0.15, -0.1) is 11.3 Å². The van der Waals surface area contributed by atoms with E-state index in [4.69, 9.17) is 4.74 Å². The molecule has 8 nitrogen and oxygen atoms in total. The lowest BCUT2D eigenvalue weighted by Gasteiger charge is -2.33. The van der Waals surface area contributed by atoms with E-state index in [0.29, 0.717) is 36.1 Å². The fourth-order valence-electron chi connectivity index (χ4n) is 3.60.